The van der Waals surface area contributed by atoms with Gasteiger partial charge in [-0.1, -0.05) is 19.9 Å². The molecule has 22 heavy (non-hydrogen) atoms. The van der Waals surface area contributed by atoms with Crippen LogP contribution in [-0.4, -0.2) is 11.5 Å². The van der Waals surface area contributed by atoms with Gasteiger partial charge in [-0.2, -0.15) is 0 Å². The molecule has 1 aromatic carbocycles. The van der Waals surface area contributed by atoms with E-state index >= 15 is 0 Å². The summed E-state index contributed by atoms with van der Waals surface area (Å²) in [4.78, 5) is 12.1. The van der Waals surface area contributed by atoms with Gasteiger partial charge in [0.25, 0.3) is 0 Å². The molecule has 0 fully saturated rings. The highest BCUT2D eigenvalue weighted by molar-refractivity contribution is 5.98. The normalized spacial score (nSPS) is 22.9. The molecular formula is C18H21NO3. The summed E-state index contributed by atoms with van der Waals surface area (Å²) in [5.41, 5.74) is 1.68. The summed E-state index contributed by atoms with van der Waals surface area (Å²) in [7, 11) is 0. The van der Waals surface area contributed by atoms with E-state index in [9.17, 15) is 4.79 Å². The van der Waals surface area contributed by atoms with Crippen molar-refractivity contribution in [3.63, 3.8) is 0 Å². The van der Waals surface area contributed by atoms with Crippen molar-refractivity contribution in [3.8, 4) is 5.75 Å². The average Bonchev–Trinajstić information content (AvgIpc) is 2.73. The molecule has 0 aromatic heterocycles. The maximum Gasteiger partial charge on any atom is 0.237 e. The molecule has 0 bridgehead atoms. The van der Waals surface area contributed by atoms with Crippen molar-refractivity contribution < 1.29 is 14.3 Å². The number of carbonyl (C=O) groups is 1. The Labute approximate surface area is 130 Å². The Morgan fingerprint density at radius 3 is 2.64 bits per heavy atom. The van der Waals surface area contributed by atoms with Gasteiger partial charge in [0.05, 0.1) is 5.69 Å². The molecule has 0 amide bonds. The summed E-state index contributed by atoms with van der Waals surface area (Å²) in [6, 6.07) is 6.10. The molecule has 0 radical (unpaired) electrons. The first-order valence-corrected chi connectivity index (χ1v) is 7.53. The topological polar surface area (TPSA) is 47.6 Å². The van der Waals surface area contributed by atoms with E-state index < -0.39 is 5.72 Å². The molecule has 0 unspecified atom stereocenters. The van der Waals surface area contributed by atoms with E-state index in [0.717, 1.165) is 11.4 Å². The second kappa shape index (κ2) is 4.90. The van der Waals surface area contributed by atoms with E-state index in [1.54, 1.807) is 6.92 Å². The van der Waals surface area contributed by atoms with Crippen molar-refractivity contribution in [1.29, 1.82) is 0 Å². The summed E-state index contributed by atoms with van der Waals surface area (Å²) < 4.78 is 11.7. The molecule has 0 aliphatic carbocycles. The fourth-order valence-electron chi connectivity index (χ4n) is 3.12. The highest BCUT2D eigenvalue weighted by Crippen LogP contribution is 2.45. The van der Waals surface area contributed by atoms with Crippen LogP contribution in [0.4, 0.5) is 5.69 Å². The van der Waals surface area contributed by atoms with Crippen LogP contribution in [0.1, 0.15) is 46.1 Å². The third-order valence-electron chi connectivity index (χ3n) is 4.06. The van der Waals surface area contributed by atoms with Crippen LogP contribution in [0, 0.1) is 0 Å². The van der Waals surface area contributed by atoms with Crippen LogP contribution in [0.3, 0.4) is 0 Å². The lowest BCUT2D eigenvalue weighted by Crippen LogP contribution is -2.45. The maximum absolute atomic E-state index is 12.1. The zero-order valence-electron chi connectivity index (χ0n) is 13.6. The van der Waals surface area contributed by atoms with Crippen molar-refractivity contribution in [2.45, 2.75) is 46.3 Å². The molecule has 0 saturated heterocycles. The molecular weight excluding hydrogens is 278 g/mol. The van der Waals surface area contributed by atoms with Crippen LogP contribution in [0.25, 0.3) is 0 Å². The summed E-state index contributed by atoms with van der Waals surface area (Å²) in [5.74, 6) is 2.41. The van der Waals surface area contributed by atoms with Gasteiger partial charge in [0.1, 0.15) is 22.8 Å². The Balaban J connectivity index is 2.08. The van der Waals surface area contributed by atoms with Gasteiger partial charge in [-0.25, -0.2) is 0 Å². The van der Waals surface area contributed by atoms with E-state index in [2.05, 4.69) is 31.3 Å². The summed E-state index contributed by atoms with van der Waals surface area (Å²) in [6.45, 7) is 9.48. The molecule has 1 spiro atoms. The van der Waals surface area contributed by atoms with Crippen LogP contribution in [-0.2, 0) is 9.53 Å². The Morgan fingerprint density at radius 2 is 2.00 bits per heavy atom. The van der Waals surface area contributed by atoms with Gasteiger partial charge in [-0.05, 0) is 44.4 Å². The van der Waals surface area contributed by atoms with Gasteiger partial charge in [-0.15, -0.1) is 0 Å². The number of anilines is 1. The molecule has 4 heteroatoms. The predicted molar refractivity (Wildman–Crippen MR) is 85.7 cm³/mol. The van der Waals surface area contributed by atoms with Crippen LogP contribution < -0.4 is 10.1 Å². The third-order valence-corrected chi connectivity index (χ3v) is 4.06. The van der Waals surface area contributed by atoms with E-state index in [0.29, 0.717) is 23.0 Å². The molecule has 4 nitrogen and oxygen atoms in total. The largest absolute Gasteiger partial charge is 0.466 e. The number of nitrogens with one attached hydrogen (secondary N) is 1. The highest BCUT2D eigenvalue weighted by atomic mass is 16.5. The van der Waals surface area contributed by atoms with E-state index in [1.807, 2.05) is 19.1 Å². The Morgan fingerprint density at radius 1 is 1.27 bits per heavy atom. The number of ether oxygens (including phenoxy) is 2. The minimum Gasteiger partial charge on any atom is -0.466 e. The van der Waals surface area contributed by atoms with Gasteiger partial charge in [0.2, 0.25) is 5.72 Å². The monoisotopic (exact) mass is 299 g/mol. The third kappa shape index (κ3) is 2.19. The summed E-state index contributed by atoms with van der Waals surface area (Å²) in [5, 5.41) is 3.38. The second-order valence-corrected chi connectivity index (χ2v) is 6.22. The van der Waals surface area contributed by atoms with E-state index in [1.165, 1.54) is 12.5 Å². The molecule has 0 saturated carbocycles. The van der Waals surface area contributed by atoms with Crippen molar-refractivity contribution in [2.24, 2.45) is 0 Å². The first kappa shape index (κ1) is 14.7. The first-order valence-electron chi connectivity index (χ1n) is 7.53. The molecule has 116 valence electrons. The SMILES string of the molecule is CC(=O)C1=C(C)OC(C)=C[C@]12Nc1cc(C(C)C)ccc1O2. The minimum absolute atomic E-state index is 0.0642. The lowest BCUT2D eigenvalue weighted by molar-refractivity contribution is -0.115. The second-order valence-electron chi connectivity index (χ2n) is 6.22. The summed E-state index contributed by atoms with van der Waals surface area (Å²) >= 11 is 0. The molecule has 2 aliphatic heterocycles. The van der Waals surface area contributed by atoms with Crippen LogP contribution in [0.2, 0.25) is 0 Å². The van der Waals surface area contributed by atoms with Crippen molar-refractivity contribution in [1.82, 2.24) is 0 Å². The quantitative estimate of drug-likeness (QED) is 0.893. The fourth-order valence-corrected chi connectivity index (χ4v) is 3.12. The highest BCUT2D eigenvalue weighted by Gasteiger charge is 2.46. The standard InChI is InChI=1S/C18H21NO3/c1-10(2)14-6-7-16-15(8-14)19-18(22-16)9-11(3)21-13(5)17(18)12(4)20/h6-10,19H,1-5H3/t18-/m1/s1. The molecule has 2 heterocycles. The number of benzene rings is 1. The number of hydrogen-bond acceptors (Lipinski definition) is 4. The van der Waals surface area contributed by atoms with Crippen molar-refractivity contribution in [2.75, 3.05) is 5.32 Å². The molecule has 1 atom stereocenters. The zero-order valence-corrected chi connectivity index (χ0v) is 13.6. The van der Waals surface area contributed by atoms with Crippen LogP contribution in [0.15, 0.2) is 41.4 Å². The number of rotatable bonds is 2. The van der Waals surface area contributed by atoms with Gasteiger partial charge in [0.15, 0.2) is 5.78 Å². The van der Waals surface area contributed by atoms with Gasteiger partial charge >= 0.3 is 0 Å². The number of ketones is 1. The zero-order chi connectivity index (χ0) is 16.1. The Hall–Kier alpha value is -2.23. The lowest BCUT2D eigenvalue weighted by Gasteiger charge is -2.32. The molecule has 3 rings (SSSR count). The Bertz CT molecular complexity index is 715. The van der Waals surface area contributed by atoms with E-state index in [4.69, 9.17) is 9.47 Å². The van der Waals surface area contributed by atoms with Gasteiger partial charge in [0, 0.05) is 6.08 Å². The number of allylic oxidation sites excluding steroid dienone is 2. The lowest BCUT2D eigenvalue weighted by atomic mass is 9.95. The van der Waals surface area contributed by atoms with Gasteiger partial charge < -0.3 is 14.8 Å². The number of hydrogen-bond donors (Lipinski definition) is 1. The minimum atomic E-state index is -0.962. The average molecular weight is 299 g/mol. The van der Waals surface area contributed by atoms with Crippen LogP contribution >= 0.6 is 0 Å². The molecule has 2 aliphatic rings. The number of Topliss-reactive ketones (excluding diaryl/α,β-unsaturated/α-hetero) is 1. The number of carbonyl (C=O) groups excluding carboxylic acids is 1. The summed E-state index contributed by atoms with van der Waals surface area (Å²) in [6.07, 6.45) is 1.83. The fraction of sp³-hybridized carbons (Fsp3) is 0.389. The Kier molecular flexibility index (Phi) is 3.28. The smallest absolute Gasteiger partial charge is 0.237 e. The number of fused-ring (bicyclic) bond motifs is 1. The van der Waals surface area contributed by atoms with Crippen LogP contribution in [0.5, 0.6) is 5.75 Å². The maximum atomic E-state index is 12.1. The predicted octanol–water partition coefficient (Wildman–Crippen LogP) is 4.11. The first-order chi connectivity index (χ1) is 10.3. The molecule has 1 aromatic rings. The van der Waals surface area contributed by atoms with Crippen molar-refractivity contribution >= 4 is 11.5 Å². The van der Waals surface area contributed by atoms with Gasteiger partial charge in [-0.3, -0.25) is 4.79 Å². The van der Waals surface area contributed by atoms with E-state index in [-0.39, 0.29) is 5.78 Å². The van der Waals surface area contributed by atoms with Crippen molar-refractivity contribution in [3.05, 3.63) is 46.9 Å². The molecule has 1 N–H and O–H groups in total.